The number of hydrogen-bond donors (Lipinski definition) is 0. The number of hydrogen-bond acceptors (Lipinski definition) is 6. The van der Waals surface area contributed by atoms with Gasteiger partial charge in [0.05, 0.1) is 18.2 Å². The predicted octanol–water partition coefficient (Wildman–Crippen LogP) is 1.83. The summed E-state index contributed by atoms with van der Waals surface area (Å²) in [5.74, 6) is 1.98. The number of fused-ring (bicyclic) bond motifs is 1. The highest BCUT2D eigenvalue weighted by atomic mass is 16.2. The number of pyridine rings is 1. The van der Waals surface area contributed by atoms with Gasteiger partial charge in [-0.25, -0.2) is 9.97 Å². The second-order valence-electron chi connectivity index (χ2n) is 8.04. The van der Waals surface area contributed by atoms with Gasteiger partial charge in [-0.1, -0.05) is 0 Å². The van der Waals surface area contributed by atoms with E-state index in [-0.39, 0.29) is 11.8 Å². The van der Waals surface area contributed by atoms with Crippen LogP contribution in [0.3, 0.4) is 0 Å². The minimum Gasteiger partial charge on any atom is -0.362 e. The smallest absolute Gasteiger partial charge is 0.227 e. The number of carbonyl (C=O) groups is 1. The molecule has 0 unspecified atom stereocenters. The Hall–Kier alpha value is -2.54. The Kier molecular flexibility index (Phi) is 5.26. The van der Waals surface area contributed by atoms with Crippen molar-refractivity contribution in [3.8, 4) is 11.4 Å². The van der Waals surface area contributed by atoms with Gasteiger partial charge in [-0.3, -0.25) is 9.78 Å². The molecule has 2 aromatic rings. The standard InChI is InChI=1S/C21H28N6O/c1-25(2)20-17-8-11-27(21(28)16-7-5-10-26(3)13-16)14-18(17)23-19(24-20)15-6-4-9-22-12-15/h4,6,9,12,16H,5,7-8,10-11,13-14H2,1-3H3/t16-/m1/s1. The van der Waals surface area contributed by atoms with Gasteiger partial charge >= 0.3 is 0 Å². The number of amides is 1. The summed E-state index contributed by atoms with van der Waals surface area (Å²) in [5.41, 5.74) is 3.01. The van der Waals surface area contributed by atoms with E-state index in [4.69, 9.17) is 9.97 Å². The normalized spacial score (nSPS) is 20.0. The molecule has 148 valence electrons. The van der Waals surface area contributed by atoms with Crippen molar-refractivity contribution in [2.45, 2.75) is 25.8 Å². The zero-order valence-electron chi connectivity index (χ0n) is 16.9. The molecular weight excluding hydrogens is 352 g/mol. The summed E-state index contributed by atoms with van der Waals surface area (Å²) in [4.78, 5) is 33.2. The average molecular weight is 380 g/mol. The van der Waals surface area contributed by atoms with Gasteiger partial charge in [0, 0.05) is 50.7 Å². The van der Waals surface area contributed by atoms with Gasteiger partial charge < -0.3 is 14.7 Å². The quantitative estimate of drug-likeness (QED) is 0.809. The molecule has 2 aliphatic heterocycles. The van der Waals surface area contributed by atoms with E-state index in [9.17, 15) is 4.79 Å². The Balaban J connectivity index is 1.63. The SMILES string of the molecule is CN1CCC[C@@H](C(=O)N2CCc3c(nc(-c4cccnc4)nc3N(C)C)C2)C1. The Bertz CT molecular complexity index is 853. The molecule has 1 atom stereocenters. The third-order valence-corrected chi connectivity index (χ3v) is 5.67. The predicted molar refractivity (Wildman–Crippen MR) is 109 cm³/mol. The lowest BCUT2D eigenvalue weighted by Gasteiger charge is -2.35. The highest BCUT2D eigenvalue weighted by molar-refractivity contribution is 5.79. The third kappa shape index (κ3) is 3.71. The molecule has 7 nitrogen and oxygen atoms in total. The first-order chi connectivity index (χ1) is 13.5. The highest BCUT2D eigenvalue weighted by Crippen LogP contribution is 2.29. The van der Waals surface area contributed by atoms with E-state index in [1.54, 1.807) is 12.4 Å². The van der Waals surface area contributed by atoms with Crippen molar-refractivity contribution in [1.29, 1.82) is 0 Å². The van der Waals surface area contributed by atoms with Gasteiger partial charge in [0.1, 0.15) is 5.82 Å². The minimum atomic E-state index is 0.105. The molecule has 1 fully saturated rings. The van der Waals surface area contributed by atoms with Gasteiger partial charge in [-0.05, 0) is 45.0 Å². The second kappa shape index (κ2) is 7.83. The molecule has 0 radical (unpaired) electrons. The number of piperidine rings is 1. The number of carbonyl (C=O) groups excluding carboxylic acids is 1. The van der Waals surface area contributed by atoms with Crippen LogP contribution in [-0.4, -0.2) is 71.4 Å². The molecule has 28 heavy (non-hydrogen) atoms. The van der Waals surface area contributed by atoms with E-state index in [1.165, 1.54) is 0 Å². The van der Waals surface area contributed by atoms with Crippen LogP contribution in [0.25, 0.3) is 11.4 Å². The zero-order chi connectivity index (χ0) is 19.7. The van der Waals surface area contributed by atoms with Crippen molar-refractivity contribution >= 4 is 11.7 Å². The topological polar surface area (TPSA) is 65.5 Å². The van der Waals surface area contributed by atoms with Crippen LogP contribution in [0.2, 0.25) is 0 Å². The van der Waals surface area contributed by atoms with Gasteiger partial charge in [-0.15, -0.1) is 0 Å². The molecule has 2 aromatic heterocycles. The van der Waals surface area contributed by atoms with Crippen LogP contribution in [0, 0.1) is 5.92 Å². The molecule has 4 heterocycles. The molecule has 1 amide bonds. The summed E-state index contributed by atoms with van der Waals surface area (Å²) in [5, 5.41) is 0. The van der Waals surface area contributed by atoms with Gasteiger partial charge in [0.15, 0.2) is 5.82 Å². The molecule has 0 aliphatic carbocycles. The van der Waals surface area contributed by atoms with Gasteiger partial charge in [-0.2, -0.15) is 0 Å². The highest BCUT2D eigenvalue weighted by Gasteiger charge is 2.32. The number of rotatable bonds is 3. The first-order valence-corrected chi connectivity index (χ1v) is 9.98. The van der Waals surface area contributed by atoms with Crippen molar-refractivity contribution < 1.29 is 4.79 Å². The molecule has 0 bridgehead atoms. The average Bonchev–Trinajstić information content (AvgIpc) is 2.72. The van der Waals surface area contributed by atoms with Crippen LogP contribution >= 0.6 is 0 Å². The molecule has 1 saturated heterocycles. The number of aromatic nitrogens is 3. The molecule has 4 rings (SSSR count). The van der Waals surface area contributed by atoms with Crippen molar-refractivity contribution in [1.82, 2.24) is 24.8 Å². The van der Waals surface area contributed by atoms with E-state index in [0.717, 1.165) is 61.5 Å². The van der Waals surface area contributed by atoms with E-state index < -0.39 is 0 Å². The van der Waals surface area contributed by atoms with Gasteiger partial charge in [0.2, 0.25) is 5.91 Å². The fraction of sp³-hybridized carbons (Fsp3) is 0.524. The van der Waals surface area contributed by atoms with Crippen LogP contribution in [0.1, 0.15) is 24.1 Å². The van der Waals surface area contributed by atoms with E-state index in [1.807, 2.05) is 36.0 Å². The lowest BCUT2D eigenvalue weighted by molar-refractivity contribution is -0.138. The maximum atomic E-state index is 13.1. The van der Waals surface area contributed by atoms with E-state index in [2.05, 4.69) is 16.9 Å². The number of likely N-dealkylation sites (tertiary alicyclic amines) is 1. The molecule has 2 aliphatic rings. The third-order valence-electron chi connectivity index (χ3n) is 5.67. The zero-order valence-corrected chi connectivity index (χ0v) is 16.9. The van der Waals surface area contributed by atoms with E-state index >= 15 is 0 Å². The Morgan fingerprint density at radius 3 is 2.82 bits per heavy atom. The summed E-state index contributed by atoms with van der Waals surface area (Å²) in [7, 11) is 6.11. The van der Waals surface area contributed by atoms with Crippen LogP contribution in [0.15, 0.2) is 24.5 Å². The Morgan fingerprint density at radius 2 is 2.11 bits per heavy atom. The van der Waals surface area contributed by atoms with Crippen molar-refractivity contribution in [3.63, 3.8) is 0 Å². The Labute approximate surface area is 166 Å². The van der Waals surface area contributed by atoms with Crippen molar-refractivity contribution in [2.75, 3.05) is 45.7 Å². The Morgan fingerprint density at radius 1 is 1.25 bits per heavy atom. The molecular formula is C21H28N6O. The maximum Gasteiger partial charge on any atom is 0.227 e. The first kappa shape index (κ1) is 18.8. The van der Waals surface area contributed by atoms with Crippen LogP contribution in [-0.2, 0) is 17.8 Å². The largest absolute Gasteiger partial charge is 0.362 e. The minimum absolute atomic E-state index is 0.105. The lowest BCUT2D eigenvalue weighted by Crippen LogP contribution is -2.45. The molecule has 7 heteroatoms. The second-order valence-corrected chi connectivity index (χ2v) is 8.04. The monoisotopic (exact) mass is 380 g/mol. The van der Waals surface area contributed by atoms with Crippen molar-refractivity contribution in [2.24, 2.45) is 5.92 Å². The summed E-state index contributed by atoms with van der Waals surface area (Å²) in [6, 6.07) is 3.86. The molecule has 0 saturated carbocycles. The number of nitrogens with zero attached hydrogens (tertiary/aromatic N) is 6. The summed E-state index contributed by atoms with van der Waals surface area (Å²) < 4.78 is 0. The van der Waals surface area contributed by atoms with Crippen molar-refractivity contribution in [3.05, 3.63) is 35.8 Å². The summed E-state index contributed by atoms with van der Waals surface area (Å²) in [6.07, 6.45) is 6.40. The fourth-order valence-corrected chi connectivity index (χ4v) is 4.22. The van der Waals surface area contributed by atoms with E-state index in [0.29, 0.717) is 12.4 Å². The molecule has 0 spiro atoms. The van der Waals surface area contributed by atoms with Crippen LogP contribution in [0.5, 0.6) is 0 Å². The summed E-state index contributed by atoms with van der Waals surface area (Å²) in [6.45, 7) is 3.24. The van der Waals surface area contributed by atoms with Crippen LogP contribution in [0.4, 0.5) is 5.82 Å². The fourth-order valence-electron chi connectivity index (χ4n) is 4.22. The molecule has 0 N–H and O–H groups in total. The molecule has 0 aromatic carbocycles. The number of anilines is 1. The lowest BCUT2D eigenvalue weighted by atomic mass is 9.95. The maximum absolute atomic E-state index is 13.1. The van der Waals surface area contributed by atoms with Crippen LogP contribution < -0.4 is 4.90 Å². The first-order valence-electron chi connectivity index (χ1n) is 9.98. The summed E-state index contributed by atoms with van der Waals surface area (Å²) >= 11 is 0. The van der Waals surface area contributed by atoms with Gasteiger partial charge in [0.25, 0.3) is 0 Å².